The number of hydrogen-bond acceptors (Lipinski definition) is 3. The molecule has 1 heterocycles. The summed E-state index contributed by atoms with van der Waals surface area (Å²) in [5.74, 6) is 1.20. The Bertz CT molecular complexity index is 500. The van der Waals surface area contributed by atoms with E-state index in [-0.39, 0.29) is 6.04 Å². The van der Waals surface area contributed by atoms with Gasteiger partial charge in [-0.1, -0.05) is 38.1 Å². The van der Waals surface area contributed by atoms with Crippen molar-refractivity contribution in [3.63, 3.8) is 0 Å². The molecular weight excluding hydrogens is 222 g/mol. The summed E-state index contributed by atoms with van der Waals surface area (Å²) in [6.07, 6.45) is 3.59. The summed E-state index contributed by atoms with van der Waals surface area (Å²) in [5, 5.41) is 0. The van der Waals surface area contributed by atoms with Crippen LogP contribution in [0.5, 0.6) is 0 Å². The van der Waals surface area contributed by atoms with Gasteiger partial charge in [-0.2, -0.15) is 0 Å². The molecular formula is C15H19N3. The van der Waals surface area contributed by atoms with Crippen molar-refractivity contribution < 1.29 is 0 Å². The van der Waals surface area contributed by atoms with E-state index in [9.17, 15) is 0 Å². The molecule has 2 rings (SSSR count). The summed E-state index contributed by atoms with van der Waals surface area (Å²) in [6.45, 7) is 6.32. The monoisotopic (exact) mass is 241 g/mol. The summed E-state index contributed by atoms with van der Waals surface area (Å²) >= 11 is 0. The lowest BCUT2D eigenvalue weighted by molar-refractivity contribution is 0.774. The van der Waals surface area contributed by atoms with Gasteiger partial charge in [-0.3, -0.25) is 0 Å². The molecule has 1 aromatic heterocycles. The summed E-state index contributed by atoms with van der Waals surface area (Å²) in [5.41, 5.74) is 9.57. The number of benzene rings is 1. The maximum atomic E-state index is 6.17. The molecule has 3 heteroatoms. The van der Waals surface area contributed by atoms with Crippen LogP contribution in [-0.2, 0) is 0 Å². The first-order valence-electron chi connectivity index (χ1n) is 6.22. The molecule has 2 N–H and O–H groups in total. The predicted molar refractivity (Wildman–Crippen MR) is 73.3 cm³/mol. The lowest BCUT2D eigenvalue weighted by atomic mass is 9.99. The molecule has 18 heavy (non-hydrogen) atoms. The third kappa shape index (κ3) is 2.74. The molecule has 1 atom stereocenters. The van der Waals surface area contributed by atoms with Gasteiger partial charge in [-0.05, 0) is 29.5 Å². The molecule has 2 aromatic rings. The van der Waals surface area contributed by atoms with E-state index in [1.807, 2.05) is 6.92 Å². The van der Waals surface area contributed by atoms with Crippen LogP contribution in [0, 0.1) is 6.92 Å². The quantitative estimate of drug-likeness (QED) is 0.898. The van der Waals surface area contributed by atoms with Crippen molar-refractivity contribution in [2.75, 3.05) is 0 Å². The Morgan fingerprint density at radius 1 is 0.944 bits per heavy atom. The molecule has 0 saturated heterocycles. The van der Waals surface area contributed by atoms with Gasteiger partial charge in [0.1, 0.15) is 5.82 Å². The first-order valence-corrected chi connectivity index (χ1v) is 6.22. The normalized spacial score (nSPS) is 12.7. The molecule has 0 fully saturated rings. The van der Waals surface area contributed by atoms with Gasteiger partial charge < -0.3 is 5.73 Å². The highest BCUT2D eigenvalue weighted by molar-refractivity contribution is 5.29. The van der Waals surface area contributed by atoms with E-state index in [4.69, 9.17) is 5.73 Å². The highest BCUT2D eigenvalue weighted by atomic mass is 14.9. The van der Waals surface area contributed by atoms with Crippen molar-refractivity contribution in [2.45, 2.75) is 32.7 Å². The number of nitrogens with zero attached hydrogens (tertiary/aromatic N) is 2. The Morgan fingerprint density at radius 3 is 1.94 bits per heavy atom. The van der Waals surface area contributed by atoms with Crippen LogP contribution < -0.4 is 5.73 Å². The fraction of sp³-hybridized carbons (Fsp3) is 0.333. The highest BCUT2D eigenvalue weighted by Gasteiger charge is 2.11. The molecule has 0 aliphatic rings. The summed E-state index contributed by atoms with van der Waals surface area (Å²) in [7, 11) is 0. The molecule has 0 saturated carbocycles. The second-order valence-electron chi connectivity index (χ2n) is 4.92. The van der Waals surface area contributed by atoms with E-state index in [1.54, 1.807) is 12.4 Å². The van der Waals surface area contributed by atoms with Crippen LogP contribution in [-0.4, -0.2) is 9.97 Å². The van der Waals surface area contributed by atoms with Crippen molar-refractivity contribution in [3.05, 3.63) is 59.2 Å². The summed E-state index contributed by atoms with van der Waals surface area (Å²) in [6, 6.07) is 8.10. The Labute approximate surface area is 108 Å². The maximum absolute atomic E-state index is 6.17. The molecule has 0 aliphatic heterocycles. The Hall–Kier alpha value is -1.74. The third-order valence-electron chi connectivity index (χ3n) is 3.04. The molecule has 0 amide bonds. The van der Waals surface area contributed by atoms with Crippen molar-refractivity contribution in [1.82, 2.24) is 9.97 Å². The van der Waals surface area contributed by atoms with Gasteiger partial charge >= 0.3 is 0 Å². The number of aromatic nitrogens is 2. The first kappa shape index (κ1) is 12.7. The number of aryl methyl sites for hydroxylation is 1. The van der Waals surface area contributed by atoms with Crippen molar-refractivity contribution in [1.29, 1.82) is 0 Å². The van der Waals surface area contributed by atoms with Crippen LogP contribution in [0.25, 0.3) is 0 Å². The third-order valence-corrected chi connectivity index (χ3v) is 3.04. The molecule has 0 bridgehead atoms. The van der Waals surface area contributed by atoms with E-state index in [1.165, 1.54) is 5.56 Å². The zero-order valence-corrected chi connectivity index (χ0v) is 11.1. The number of rotatable bonds is 3. The van der Waals surface area contributed by atoms with Crippen molar-refractivity contribution in [2.24, 2.45) is 5.73 Å². The maximum Gasteiger partial charge on any atom is 0.149 e. The van der Waals surface area contributed by atoms with E-state index < -0.39 is 0 Å². The van der Waals surface area contributed by atoms with Gasteiger partial charge in [-0.25, -0.2) is 9.97 Å². The minimum atomic E-state index is -0.258. The topological polar surface area (TPSA) is 51.8 Å². The van der Waals surface area contributed by atoms with E-state index >= 15 is 0 Å². The SMILES string of the molecule is Cc1cnc(C(N)c2ccc(C(C)C)cc2)nc1. The van der Waals surface area contributed by atoms with Crippen LogP contribution in [0.4, 0.5) is 0 Å². The van der Waals surface area contributed by atoms with E-state index in [2.05, 4.69) is 48.1 Å². The Kier molecular flexibility index (Phi) is 3.72. The second kappa shape index (κ2) is 5.27. The molecule has 3 nitrogen and oxygen atoms in total. The van der Waals surface area contributed by atoms with Crippen molar-refractivity contribution in [3.8, 4) is 0 Å². The van der Waals surface area contributed by atoms with Crippen LogP contribution in [0.3, 0.4) is 0 Å². The van der Waals surface area contributed by atoms with Gasteiger partial charge in [0.05, 0.1) is 6.04 Å². The number of nitrogens with two attached hydrogens (primary N) is 1. The summed E-state index contributed by atoms with van der Waals surface area (Å²) < 4.78 is 0. The lowest BCUT2D eigenvalue weighted by Crippen LogP contribution is -2.15. The van der Waals surface area contributed by atoms with Gasteiger partial charge in [0.25, 0.3) is 0 Å². The number of hydrogen-bond donors (Lipinski definition) is 1. The fourth-order valence-corrected chi connectivity index (χ4v) is 1.80. The van der Waals surface area contributed by atoms with Crippen LogP contribution in [0.2, 0.25) is 0 Å². The van der Waals surface area contributed by atoms with Gasteiger partial charge in [0, 0.05) is 12.4 Å². The molecule has 0 aliphatic carbocycles. The zero-order chi connectivity index (χ0) is 13.1. The Balaban J connectivity index is 2.23. The molecule has 1 unspecified atom stereocenters. The van der Waals surface area contributed by atoms with Crippen molar-refractivity contribution >= 4 is 0 Å². The second-order valence-corrected chi connectivity index (χ2v) is 4.92. The minimum Gasteiger partial charge on any atom is -0.318 e. The molecule has 0 radical (unpaired) electrons. The summed E-state index contributed by atoms with van der Waals surface area (Å²) in [4.78, 5) is 8.55. The Morgan fingerprint density at radius 2 is 1.44 bits per heavy atom. The smallest absolute Gasteiger partial charge is 0.149 e. The largest absolute Gasteiger partial charge is 0.318 e. The fourth-order valence-electron chi connectivity index (χ4n) is 1.80. The van der Waals surface area contributed by atoms with Gasteiger partial charge in [0.2, 0.25) is 0 Å². The molecule has 1 aromatic carbocycles. The van der Waals surface area contributed by atoms with E-state index in [0.29, 0.717) is 11.7 Å². The van der Waals surface area contributed by atoms with E-state index in [0.717, 1.165) is 11.1 Å². The van der Waals surface area contributed by atoms with Crippen LogP contribution >= 0.6 is 0 Å². The molecule has 0 spiro atoms. The average molecular weight is 241 g/mol. The average Bonchev–Trinajstić information content (AvgIpc) is 2.39. The predicted octanol–water partition coefficient (Wildman–Crippen LogP) is 2.96. The lowest BCUT2D eigenvalue weighted by Gasteiger charge is -2.12. The zero-order valence-electron chi connectivity index (χ0n) is 11.1. The van der Waals surface area contributed by atoms with Crippen LogP contribution in [0.1, 0.15) is 48.3 Å². The first-order chi connectivity index (χ1) is 8.58. The highest BCUT2D eigenvalue weighted by Crippen LogP contribution is 2.20. The van der Waals surface area contributed by atoms with Crippen LogP contribution in [0.15, 0.2) is 36.7 Å². The van der Waals surface area contributed by atoms with Gasteiger partial charge in [0.15, 0.2) is 0 Å². The standard InChI is InChI=1S/C15H19N3/c1-10(2)12-4-6-13(7-5-12)14(16)15-17-8-11(3)9-18-15/h4-10,14H,16H2,1-3H3. The van der Waals surface area contributed by atoms with Gasteiger partial charge in [-0.15, -0.1) is 0 Å². The minimum absolute atomic E-state index is 0.258. The molecule has 94 valence electrons.